The van der Waals surface area contributed by atoms with Crippen LogP contribution in [-0.4, -0.2) is 39.4 Å². The molecule has 1 fully saturated rings. The molecule has 1 aliphatic rings. The molecular formula is C12H18ClN3OS. The molecule has 18 heavy (non-hydrogen) atoms. The Bertz CT molecular complexity index is 441. The van der Waals surface area contributed by atoms with Gasteiger partial charge in [-0.05, 0) is 23.9 Å². The summed E-state index contributed by atoms with van der Waals surface area (Å²) >= 11 is 7.04. The number of amides is 1. The molecule has 0 aromatic carbocycles. The van der Waals surface area contributed by atoms with E-state index in [9.17, 15) is 4.79 Å². The second kappa shape index (κ2) is 5.13. The van der Waals surface area contributed by atoms with Crippen molar-refractivity contribution in [1.82, 2.24) is 14.5 Å². The van der Waals surface area contributed by atoms with Gasteiger partial charge in [0, 0.05) is 24.4 Å². The third-order valence-electron chi connectivity index (χ3n) is 3.18. The van der Waals surface area contributed by atoms with Crippen LogP contribution in [-0.2, 0) is 5.41 Å². The minimum absolute atomic E-state index is 0.0579. The van der Waals surface area contributed by atoms with E-state index in [0.29, 0.717) is 16.7 Å². The van der Waals surface area contributed by atoms with Crippen LogP contribution in [0.25, 0.3) is 0 Å². The Hall–Kier alpha value is -0.680. The first-order chi connectivity index (χ1) is 8.43. The summed E-state index contributed by atoms with van der Waals surface area (Å²) in [6.45, 7) is 7.69. The van der Waals surface area contributed by atoms with Crippen molar-refractivity contribution in [2.45, 2.75) is 32.6 Å². The normalized spacial score (nSPS) is 20.4. The van der Waals surface area contributed by atoms with E-state index < -0.39 is 0 Å². The Labute approximate surface area is 116 Å². The first kappa shape index (κ1) is 13.7. The standard InChI is InChI=1S/C12H18ClN3OS/c1-12(2,3)10-9(18-15-14-10)11(17)16-5-4-8(6-13)7-16/h8H,4-7H2,1-3H3. The molecule has 1 aliphatic heterocycles. The van der Waals surface area contributed by atoms with Gasteiger partial charge in [-0.2, -0.15) is 0 Å². The summed E-state index contributed by atoms with van der Waals surface area (Å²) in [4.78, 5) is 15.0. The van der Waals surface area contributed by atoms with Crippen LogP contribution < -0.4 is 0 Å². The average molecular weight is 288 g/mol. The molecule has 4 nitrogen and oxygen atoms in total. The van der Waals surface area contributed by atoms with Gasteiger partial charge in [0.05, 0.1) is 5.69 Å². The molecule has 0 spiro atoms. The number of rotatable bonds is 2. The van der Waals surface area contributed by atoms with Gasteiger partial charge in [0.2, 0.25) is 0 Å². The number of aromatic nitrogens is 2. The number of alkyl halides is 1. The van der Waals surface area contributed by atoms with Crippen LogP contribution in [0.1, 0.15) is 42.6 Å². The SMILES string of the molecule is CC(C)(C)c1nnsc1C(=O)N1CCC(CCl)C1. The van der Waals surface area contributed by atoms with E-state index in [0.717, 1.165) is 25.2 Å². The lowest BCUT2D eigenvalue weighted by atomic mass is 9.91. The number of carbonyl (C=O) groups is 1. The smallest absolute Gasteiger partial charge is 0.267 e. The maximum Gasteiger partial charge on any atom is 0.267 e. The second-order valence-electron chi connectivity index (χ2n) is 5.76. The highest BCUT2D eigenvalue weighted by Gasteiger charge is 2.32. The molecule has 6 heteroatoms. The zero-order valence-corrected chi connectivity index (χ0v) is 12.5. The molecule has 1 aromatic heterocycles. The van der Waals surface area contributed by atoms with E-state index in [4.69, 9.17) is 11.6 Å². The molecule has 1 atom stereocenters. The van der Waals surface area contributed by atoms with Crippen molar-refractivity contribution in [2.75, 3.05) is 19.0 Å². The van der Waals surface area contributed by atoms with E-state index in [-0.39, 0.29) is 11.3 Å². The molecule has 1 saturated heterocycles. The molecule has 0 aliphatic carbocycles. The maximum absolute atomic E-state index is 12.5. The quantitative estimate of drug-likeness (QED) is 0.785. The first-order valence-corrected chi connectivity index (χ1v) is 7.42. The fraction of sp³-hybridized carbons (Fsp3) is 0.750. The van der Waals surface area contributed by atoms with E-state index in [1.807, 2.05) is 25.7 Å². The van der Waals surface area contributed by atoms with Gasteiger partial charge in [-0.25, -0.2) is 0 Å². The third-order valence-corrected chi connectivity index (χ3v) is 4.33. The summed E-state index contributed by atoms with van der Waals surface area (Å²) in [5.41, 5.74) is 0.649. The van der Waals surface area contributed by atoms with Crippen molar-refractivity contribution in [1.29, 1.82) is 0 Å². The minimum Gasteiger partial charge on any atom is -0.338 e. The summed E-state index contributed by atoms with van der Waals surface area (Å²) in [5, 5.41) is 4.11. The van der Waals surface area contributed by atoms with Crippen molar-refractivity contribution in [2.24, 2.45) is 5.92 Å². The van der Waals surface area contributed by atoms with Gasteiger partial charge >= 0.3 is 0 Å². The van der Waals surface area contributed by atoms with Crippen LogP contribution in [0, 0.1) is 5.92 Å². The van der Waals surface area contributed by atoms with Gasteiger partial charge < -0.3 is 4.90 Å². The Kier molecular flexibility index (Phi) is 3.92. The number of hydrogen-bond donors (Lipinski definition) is 0. The molecule has 2 rings (SSSR count). The molecule has 2 heterocycles. The monoisotopic (exact) mass is 287 g/mol. The fourth-order valence-corrected chi connectivity index (χ4v) is 3.20. The molecule has 1 unspecified atom stereocenters. The molecule has 0 bridgehead atoms. The second-order valence-corrected chi connectivity index (χ2v) is 6.82. The largest absolute Gasteiger partial charge is 0.338 e. The molecular weight excluding hydrogens is 270 g/mol. The third kappa shape index (κ3) is 2.67. The predicted molar refractivity (Wildman–Crippen MR) is 73.3 cm³/mol. The Balaban J connectivity index is 2.18. The molecule has 0 radical (unpaired) electrons. The highest BCUT2D eigenvalue weighted by molar-refractivity contribution is 7.08. The van der Waals surface area contributed by atoms with Crippen LogP contribution in [0.5, 0.6) is 0 Å². The number of carbonyl (C=O) groups excluding carboxylic acids is 1. The van der Waals surface area contributed by atoms with Gasteiger partial charge in [0.25, 0.3) is 5.91 Å². The summed E-state index contributed by atoms with van der Waals surface area (Å²) in [5.74, 6) is 1.11. The van der Waals surface area contributed by atoms with Crippen LogP contribution in [0.4, 0.5) is 0 Å². The van der Waals surface area contributed by atoms with Crippen molar-refractivity contribution in [3.8, 4) is 0 Å². The highest BCUT2D eigenvalue weighted by atomic mass is 35.5. The van der Waals surface area contributed by atoms with Gasteiger partial charge in [-0.1, -0.05) is 25.3 Å². The lowest BCUT2D eigenvalue weighted by Gasteiger charge is -2.19. The molecule has 0 saturated carbocycles. The minimum atomic E-state index is -0.149. The van der Waals surface area contributed by atoms with Crippen LogP contribution in [0.15, 0.2) is 0 Å². The highest BCUT2D eigenvalue weighted by Crippen LogP contribution is 2.28. The van der Waals surface area contributed by atoms with Crippen molar-refractivity contribution >= 4 is 29.0 Å². The van der Waals surface area contributed by atoms with E-state index in [1.165, 1.54) is 11.5 Å². The summed E-state index contributed by atoms with van der Waals surface area (Å²) in [6.07, 6.45) is 0.992. The Morgan fingerprint density at radius 3 is 2.83 bits per heavy atom. The maximum atomic E-state index is 12.5. The molecule has 0 N–H and O–H groups in total. The van der Waals surface area contributed by atoms with Crippen LogP contribution >= 0.6 is 23.1 Å². The predicted octanol–water partition coefficient (Wildman–Crippen LogP) is 2.54. The molecule has 1 aromatic rings. The number of nitrogens with zero attached hydrogens (tertiary/aromatic N) is 3. The van der Waals surface area contributed by atoms with E-state index in [2.05, 4.69) is 9.59 Å². The summed E-state index contributed by atoms with van der Waals surface area (Å²) < 4.78 is 3.94. The number of likely N-dealkylation sites (tertiary alicyclic amines) is 1. The van der Waals surface area contributed by atoms with Crippen LogP contribution in [0.2, 0.25) is 0 Å². The molecule has 1 amide bonds. The zero-order chi connectivity index (χ0) is 13.3. The Morgan fingerprint density at radius 1 is 1.56 bits per heavy atom. The fourth-order valence-electron chi connectivity index (χ4n) is 2.11. The van der Waals surface area contributed by atoms with Gasteiger partial charge in [0.1, 0.15) is 4.88 Å². The van der Waals surface area contributed by atoms with Crippen molar-refractivity contribution in [3.63, 3.8) is 0 Å². The number of halogens is 1. The Morgan fingerprint density at radius 2 is 2.28 bits per heavy atom. The average Bonchev–Trinajstić information content (AvgIpc) is 2.96. The lowest BCUT2D eigenvalue weighted by Crippen LogP contribution is -2.30. The molecule has 100 valence electrons. The van der Waals surface area contributed by atoms with Crippen LogP contribution in [0.3, 0.4) is 0 Å². The summed E-state index contributed by atoms with van der Waals surface area (Å²) in [7, 11) is 0. The van der Waals surface area contributed by atoms with Gasteiger partial charge in [0.15, 0.2) is 0 Å². The van der Waals surface area contributed by atoms with E-state index >= 15 is 0 Å². The topological polar surface area (TPSA) is 46.1 Å². The number of hydrogen-bond acceptors (Lipinski definition) is 4. The van der Waals surface area contributed by atoms with Gasteiger partial charge in [-0.3, -0.25) is 4.79 Å². The van der Waals surface area contributed by atoms with Gasteiger partial charge in [-0.15, -0.1) is 16.7 Å². The zero-order valence-electron chi connectivity index (χ0n) is 10.9. The van der Waals surface area contributed by atoms with Crippen molar-refractivity contribution < 1.29 is 4.79 Å². The first-order valence-electron chi connectivity index (χ1n) is 6.11. The lowest BCUT2D eigenvalue weighted by molar-refractivity contribution is 0.0790. The summed E-state index contributed by atoms with van der Waals surface area (Å²) in [6, 6.07) is 0. The van der Waals surface area contributed by atoms with Crippen molar-refractivity contribution in [3.05, 3.63) is 10.6 Å². The van der Waals surface area contributed by atoms with E-state index in [1.54, 1.807) is 0 Å².